The lowest BCUT2D eigenvalue weighted by Gasteiger charge is -2.04. The highest BCUT2D eigenvalue weighted by atomic mass is 32.1. The molecule has 0 spiro atoms. The van der Waals surface area contributed by atoms with Crippen molar-refractivity contribution in [2.24, 2.45) is 0 Å². The first-order valence-electron chi connectivity index (χ1n) is 8.07. The molecular formula is C20H18N2O3S. The minimum absolute atomic E-state index is 0.208. The molecule has 0 fully saturated rings. The van der Waals surface area contributed by atoms with Crippen LogP contribution in [0.4, 0.5) is 0 Å². The van der Waals surface area contributed by atoms with Crippen LogP contribution in [0.15, 0.2) is 60.2 Å². The highest BCUT2D eigenvalue weighted by molar-refractivity contribution is 7.09. The normalized spacial score (nSPS) is 10.8. The van der Waals surface area contributed by atoms with Crippen molar-refractivity contribution in [3.63, 3.8) is 0 Å². The SMILES string of the molecule is Cc1nc(COc2ccc(/C=C/C(=O)OCc3cccnc3)cc2)cs1. The predicted octanol–water partition coefficient (Wildman–Crippen LogP) is 4.18. The summed E-state index contributed by atoms with van der Waals surface area (Å²) in [5, 5.41) is 3.02. The summed E-state index contributed by atoms with van der Waals surface area (Å²) < 4.78 is 10.9. The molecule has 0 aliphatic carbocycles. The standard InChI is InChI=1S/C20H18N2O3S/c1-15-22-18(14-26-15)13-24-19-7-4-16(5-8-19)6-9-20(23)25-12-17-3-2-10-21-11-17/h2-11,14H,12-13H2,1H3/b9-6+. The molecule has 0 saturated heterocycles. The van der Waals surface area contributed by atoms with Gasteiger partial charge in [0, 0.05) is 29.4 Å². The van der Waals surface area contributed by atoms with E-state index in [1.54, 1.807) is 35.9 Å². The average molecular weight is 366 g/mol. The Labute approximate surface area is 156 Å². The van der Waals surface area contributed by atoms with Crippen molar-refractivity contribution in [2.45, 2.75) is 20.1 Å². The number of pyridine rings is 1. The topological polar surface area (TPSA) is 61.3 Å². The molecule has 0 radical (unpaired) electrons. The Balaban J connectivity index is 1.47. The lowest BCUT2D eigenvalue weighted by atomic mass is 10.2. The summed E-state index contributed by atoms with van der Waals surface area (Å²) in [7, 11) is 0. The molecule has 0 bridgehead atoms. The number of hydrogen-bond acceptors (Lipinski definition) is 6. The van der Waals surface area contributed by atoms with Crippen molar-refractivity contribution >= 4 is 23.4 Å². The van der Waals surface area contributed by atoms with E-state index in [0.717, 1.165) is 27.6 Å². The lowest BCUT2D eigenvalue weighted by molar-refractivity contribution is -0.138. The first-order valence-corrected chi connectivity index (χ1v) is 8.94. The second-order valence-corrected chi connectivity index (χ2v) is 6.58. The Morgan fingerprint density at radius 3 is 2.73 bits per heavy atom. The second kappa shape index (κ2) is 8.92. The van der Waals surface area contributed by atoms with Crippen LogP contribution in [0.2, 0.25) is 0 Å². The third-order valence-corrected chi connectivity index (χ3v) is 4.27. The third kappa shape index (κ3) is 5.53. The molecule has 0 unspecified atom stereocenters. The minimum Gasteiger partial charge on any atom is -0.487 e. The van der Waals surface area contributed by atoms with Crippen molar-refractivity contribution < 1.29 is 14.3 Å². The zero-order valence-electron chi connectivity index (χ0n) is 14.3. The van der Waals surface area contributed by atoms with E-state index in [9.17, 15) is 4.79 Å². The summed E-state index contributed by atoms with van der Waals surface area (Å²) in [6.45, 7) is 2.62. The maximum atomic E-state index is 11.8. The van der Waals surface area contributed by atoms with Gasteiger partial charge in [-0.1, -0.05) is 18.2 Å². The monoisotopic (exact) mass is 366 g/mol. The van der Waals surface area contributed by atoms with Crippen LogP contribution in [-0.4, -0.2) is 15.9 Å². The molecule has 3 rings (SSSR count). The van der Waals surface area contributed by atoms with E-state index in [1.165, 1.54) is 6.08 Å². The molecule has 0 aliphatic rings. The van der Waals surface area contributed by atoms with Gasteiger partial charge >= 0.3 is 5.97 Å². The van der Waals surface area contributed by atoms with Gasteiger partial charge in [-0.25, -0.2) is 9.78 Å². The van der Waals surface area contributed by atoms with Gasteiger partial charge in [0.1, 0.15) is 19.0 Å². The molecule has 2 heterocycles. The Hall–Kier alpha value is -2.99. The van der Waals surface area contributed by atoms with Crippen molar-refractivity contribution in [1.82, 2.24) is 9.97 Å². The van der Waals surface area contributed by atoms with Gasteiger partial charge in [-0.05, 0) is 36.8 Å². The molecule has 0 aliphatic heterocycles. The van der Waals surface area contributed by atoms with E-state index in [0.29, 0.717) is 6.61 Å². The van der Waals surface area contributed by atoms with E-state index >= 15 is 0 Å². The number of aryl methyl sites for hydroxylation is 1. The largest absolute Gasteiger partial charge is 0.487 e. The molecule has 0 atom stereocenters. The molecule has 0 amide bonds. The third-order valence-electron chi connectivity index (χ3n) is 3.45. The Bertz CT molecular complexity index is 874. The Morgan fingerprint density at radius 1 is 1.19 bits per heavy atom. The number of carbonyl (C=O) groups excluding carboxylic acids is 1. The minimum atomic E-state index is -0.395. The van der Waals surface area contributed by atoms with E-state index in [-0.39, 0.29) is 6.61 Å². The van der Waals surface area contributed by atoms with Gasteiger partial charge in [0.2, 0.25) is 0 Å². The summed E-state index contributed by atoms with van der Waals surface area (Å²) in [5.41, 5.74) is 2.67. The lowest BCUT2D eigenvalue weighted by Crippen LogP contribution is -2.00. The Morgan fingerprint density at radius 2 is 2.04 bits per heavy atom. The maximum absolute atomic E-state index is 11.8. The van der Waals surface area contributed by atoms with Gasteiger partial charge in [-0.2, -0.15) is 0 Å². The number of rotatable bonds is 7. The second-order valence-electron chi connectivity index (χ2n) is 5.52. The summed E-state index contributed by atoms with van der Waals surface area (Å²) in [4.78, 5) is 20.1. The van der Waals surface area contributed by atoms with Crippen LogP contribution in [0.1, 0.15) is 21.8 Å². The van der Waals surface area contributed by atoms with Gasteiger partial charge in [-0.15, -0.1) is 11.3 Å². The van der Waals surface area contributed by atoms with Crippen molar-refractivity contribution in [3.05, 3.63) is 82.1 Å². The molecule has 0 saturated carbocycles. The van der Waals surface area contributed by atoms with Crippen LogP contribution < -0.4 is 4.74 Å². The highest BCUT2D eigenvalue weighted by Crippen LogP contribution is 2.16. The van der Waals surface area contributed by atoms with Gasteiger partial charge in [0.15, 0.2) is 0 Å². The van der Waals surface area contributed by atoms with Gasteiger partial charge < -0.3 is 9.47 Å². The van der Waals surface area contributed by atoms with E-state index < -0.39 is 5.97 Å². The molecule has 2 aromatic heterocycles. The highest BCUT2D eigenvalue weighted by Gasteiger charge is 2.01. The van der Waals surface area contributed by atoms with E-state index in [2.05, 4.69) is 9.97 Å². The van der Waals surface area contributed by atoms with Crippen molar-refractivity contribution in [1.29, 1.82) is 0 Å². The number of aromatic nitrogens is 2. The summed E-state index contributed by atoms with van der Waals surface area (Å²) in [6, 6.07) is 11.1. The predicted molar refractivity (Wildman–Crippen MR) is 101 cm³/mol. The molecule has 6 heteroatoms. The van der Waals surface area contributed by atoms with Gasteiger partial charge in [0.05, 0.1) is 10.7 Å². The molecule has 132 valence electrons. The fourth-order valence-corrected chi connectivity index (χ4v) is 2.75. The molecule has 1 aromatic carbocycles. The van der Waals surface area contributed by atoms with Crippen LogP contribution in [0.5, 0.6) is 5.75 Å². The van der Waals surface area contributed by atoms with Gasteiger partial charge in [0.25, 0.3) is 0 Å². The molecule has 5 nitrogen and oxygen atoms in total. The van der Waals surface area contributed by atoms with Crippen molar-refractivity contribution in [3.8, 4) is 5.75 Å². The average Bonchev–Trinajstić information content (AvgIpc) is 3.10. The summed E-state index contributed by atoms with van der Waals surface area (Å²) >= 11 is 1.61. The number of thiazole rings is 1. The van der Waals surface area contributed by atoms with Crippen LogP contribution >= 0.6 is 11.3 Å². The number of nitrogens with zero attached hydrogens (tertiary/aromatic N) is 2. The Kier molecular flexibility index (Phi) is 6.11. The number of esters is 1. The van der Waals surface area contributed by atoms with Crippen LogP contribution in [0, 0.1) is 6.92 Å². The smallest absolute Gasteiger partial charge is 0.331 e. The fourth-order valence-electron chi connectivity index (χ4n) is 2.16. The molecule has 26 heavy (non-hydrogen) atoms. The summed E-state index contributed by atoms with van der Waals surface area (Å²) in [6.07, 6.45) is 6.46. The molecular weight excluding hydrogens is 348 g/mol. The molecule has 0 N–H and O–H groups in total. The number of hydrogen-bond donors (Lipinski definition) is 0. The molecule has 3 aromatic rings. The first kappa shape index (κ1) is 17.8. The maximum Gasteiger partial charge on any atom is 0.331 e. The number of carbonyl (C=O) groups is 1. The zero-order chi connectivity index (χ0) is 18.2. The number of ether oxygens (including phenoxy) is 2. The zero-order valence-corrected chi connectivity index (χ0v) is 15.1. The van der Waals surface area contributed by atoms with E-state index in [1.807, 2.05) is 42.6 Å². The fraction of sp³-hybridized carbons (Fsp3) is 0.150. The van der Waals surface area contributed by atoms with Crippen LogP contribution in [0.3, 0.4) is 0 Å². The summed E-state index contributed by atoms with van der Waals surface area (Å²) in [5.74, 6) is 0.361. The quantitative estimate of drug-likeness (QED) is 0.464. The first-order chi connectivity index (χ1) is 12.7. The van der Waals surface area contributed by atoms with Crippen molar-refractivity contribution in [2.75, 3.05) is 0 Å². The number of benzene rings is 1. The van der Waals surface area contributed by atoms with E-state index in [4.69, 9.17) is 9.47 Å². The van der Waals surface area contributed by atoms with Gasteiger partial charge in [-0.3, -0.25) is 4.98 Å². The van der Waals surface area contributed by atoms with Crippen LogP contribution in [-0.2, 0) is 22.7 Å². The van der Waals surface area contributed by atoms with Crippen LogP contribution in [0.25, 0.3) is 6.08 Å².